The van der Waals surface area contributed by atoms with Gasteiger partial charge in [-0.05, 0) is 24.8 Å². The van der Waals surface area contributed by atoms with E-state index in [9.17, 15) is 18.4 Å². The topological polar surface area (TPSA) is 77.3 Å². The van der Waals surface area contributed by atoms with E-state index in [1.807, 2.05) is 35.2 Å². The lowest BCUT2D eigenvalue weighted by Crippen LogP contribution is -2.36. The van der Waals surface area contributed by atoms with Crippen molar-refractivity contribution in [3.63, 3.8) is 0 Å². The molecular formula is C22H24F2N4O3S. The molecule has 1 aliphatic heterocycles. The number of hydrogen-bond acceptors (Lipinski definition) is 7. The van der Waals surface area contributed by atoms with Gasteiger partial charge in [-0.15, -0.1) is 0 Å². The third-order valence-electron chi connectivity index (χ3n) is 5.66. The Balaban J connectivity index is 1.60. The van der Waals surface area contributed by atoms with Crippen molar-refractivity contribution in [3.05, 3.63) is 52.1 Å². The highest BCUT2D eigenvalue weighted by Crippen LogP contribution is 2.34. The first-order valence-electron chi connectivity index (χ1n) is 10.4. The molecule has 0 radical (unpaired) electrons. The van der Waals surface area contributed by atoms with Gasteiger partial charge in [0.25, 0.3) is 5.56 Å². The maximum Gasteiger partial charge on any atom is 0.327 e. The van der Waals surface area contributed by atoms with Crippen LogP contribution in [0.5, 0.6) is 0 Å². The molecule has 0 amide bonds. The van der Waals surface area contributed by atoms with Crippen LogP contribution in [-0.2, 0) is 28.9 Å². The van der Waals surface area contributed by atoms with Crippen LogP contribution in [0.15, 0.2) is 35.1 Å². The third kappa shape index (κ3) is 4.29. The molecule has 3 aromatic rings. The maximum atomic E-state index is 14.4. The number of carbonyl (C=O) groups excluding carboxylic acids is 1. The Kier molecular flexibility index (Phi) is 6.34. The van der Waals surface area contributed by atoms with Crippen LogP contribution in [0.2, 0.25) is 0 Å². The fraction of sp³-hybridized carbons (Fsp3) is 0.455. The average Bonchev–Trinajstić information content (AvgIpc) is 3.42. The van der Waals surface area contributed by atoms with Gasteiger partial charge in [-0.3, -0.25) is 14.2 Å². The Hall–Kier alpha value is -2.72. The molecule has 4 rings (SSSR count). The molecule has 0 N–H and O–H groups in total. The van der Waals surface area contributed by atoms with Gasteiger partial charge in [0.15, 0.2) is 27.1 Å². The van der Waals surface area contributed by atoms with E-state index in [4.69, 9.17) is 0 Å². The van der Waals surface area contributed by atoms with Gasteiger partial charge in [0, 0.05) is 27.1 Å². The number of carbonyl (C=O) groups is 1. The number of fused-ring (bicyclic) bond motifs is 1. The number of ether oxygens (including phenoxy) is 1. The molecule has 0 bridgehead atoms. The number of nitrogens with zero attached hydrogens (tertiary/aromatic N) is 4. The molecule has 1 saturated heterocycles. The minimum absolute atomic E-state index is 0.0341. The monoisotopic (exact) mass is 462 g/mol. The summed E-state index contributed by atoms with van der Waals surface area (Å²) in [4.78, 5) is 36.1. The van der Waals surface area contributed by atoms with Gasteiger partial charge in [-0.1, -0.05) is 41.7 Å². The number of aromatic nitrogens is 3. The summed E-state index contributed by atoms with van der Waals surface area (Å²) in [5.41, 5.74) is 0.490. The predicted molar refractivity (Wildman–Crippen MR) is 119 cm³/mol. The van der Waals surface area contributed by atoms with Gasteiger partial charge in [-0.2, -0.15) is 8.78 Å². The predicted octanol–water partition coefficient (Wildman–Crippen LogP) is 3.30. The molecular weight excluding hydrogens is 438 g/mol. The summed E-state index contributed by atoms with van der Waals surface area (Å²) in [7, 11) is 2.41. The SMILES string of the molecule is COCC(F)(F)c1nc2sc(N3CCC[C@@H]3C(=O)CCc3ccccc3)nc2c(=O)n1C. The largest absolute Gasteiger partial charge is 0.378 e. The van der Waals surface area contributed by atoms with E-state index in [1.54, 1.807) is 0 Å². The van der Waals surface area contributed by atoms with Crippen LogP contribution in [0.25, 0.3) is 10.3 Å². The van der Waals surface area contributed by atoms with E-state index in [2.05, 4.69) is 14.7 Å². The second kappa shape index (κ2) is 9.03. The van der Waals surface area contributed by atoms with E-state index in [0.29, 0.717) is 30.9 Å². The number of methoxy groups -OCH3 is 1. The van der Waals surface area contributed by atoms with Crippen LogP contribution >= 0.6 is 11.3 Å². The van der Waals surface area contributed by atoms with E-state index < -0.39 is 23.9 Å². The molecule has 0 unspecified atom stereocenters. The Morgan fingerprint density at radius 3 is 2.75 bits per heavy atom. The number of aryl methyl sites for hydroxylation is 1. The molecule has 0 aliphatic carbocycles. The average molecular weight is 463 g/mol. The van der Waals surface area contributed by atoms with Crippen molar-refractivity contribution in [2.45, 2.75) is 37.6 Å². The molecule has 32 heavy (non-hydrogen) atoms. The number of alkyl halides is 2. The van der Waals surface area contributed by atoms with Crippen molar-refractivity contribution in [1.82, 2.24) is 14.5 Å². The summed E-state index contributed by atoms with van der Waals surface area (Å²) in [5.74, 6) is -3.97. The Bertz CT molecular complexity index is 1180. The minimum Gasteiger partial charge on any atom is -0.378 e. The number of anilines is 1. The molecule has 0 saturated carbocycles. The zero-order valence-electron chi connectivity index (χ0n) is 17.9. The standard InChI is InChI=1S/C22H24F2N4O3S/c1-27-19(30)17-18(26-20(27)22(23,24)13-31-2)32-21(25-17)28-12-6-9-15(28)16(29)11-10-14-7-4-3-5-8-14/h3-5,7-8,15H,6,9-13H2,1-2H3/t15-/m1/s1. The van der Waals surface area contributed by atoms with Crippen molar-refractivity contribution >= 4 is 32.6 Å². The number of halogens is 2. The van der Waals surface area contributed by atoms with E-state index in [1.165, 1.54) is 7.05 Å². The molecule has 1 fully saturated rings. The Morgan fingerprint density at radius 2 is 2.03 bits per heavy atom. The molecule has 10 heteroatoms. The van der Waals surface area contributed by atoms with Crippen LogP contribution in [0, 0.1) is 0 Å². The van der Waals surface area contributed by atoms with Crippen molar-refractivity contribution in [2.24, 2.45) is 7.05 Å². The lowest BCUT2D eigenvalue weighted by Gasteiger charge is -2.22. The fourth-order valence-electron chi connectivity index (χ4n) is 4.05. The fourth-order valence-corrected chi connectivity index (χ4v) is 5.05. The van der Waals surface area contributed by atoms with Gasteiger partial charge in [0.1, 0.15) is 6.61 Å². The highest BCUT2D eigenvalue weighted by molar-refractivity contribution is 7.21. The molecule has 170 valence electrons. The van der Waals surface area contributed by atoms with Gasteiger partial charge < -0.3 is 9.64 Å². The number of rotatable bonds is 8. The molecule has 1 aliphatic rings. The first-order valence-corrected chi connectivity index (χ1v) is 11.2. The zero-order valence-corrected chi connectivity index (χ0v) is 18.7. The van der Waals surface area contributed by atoms with Crippen molar-refractivity contribution in [2.75, 3.05) is 25.2 Å². The minimum atomic E-state index is -3.41. The van der Waals surface area contributed by atoms with E-state index in [0.717, 1.165) is 35.0 Å². The van der Waals surface area contributed by atoms with Crippen LogP contribution < -0.4 is 10.5 Å². The number of thiazole rings is 1. The van der Waals surface area contributed by atoms with Gasteiger partial charge in [-0.25, -0.2) is 9.97 Å². The molecule has 7 nitrogen and oxygen atoms in total. The van der Waals surface area contributed by atoms with Crippen LogP contribution in [0.4, 0.5) is 13.9 Å². The first kappa shape index (κ1) is 22.5. The smallest absolute Gasteiger partial charge is 0.327 e. The second-order valence-electron chi connectivity index (χ2n) is 7.89. The molecule has 1 aromatic carbocycles. The van der Waals surface area contributed by atoms with Crippen molar-refractivity contribution in [1.29, 1.82) is 0 Å². The quantitative estimate of drug-likeness (QED) is 0.511. The molecule has 2 aromatic heterocycles. The molecule has 0 spiro atoms. The van der Waals surface area contributed by atoms with Crippen molar-refractivity contribution < 1.29 is 18.3 Å². The van der Waals surface area contributed by atoms with Crippen molar-refractivity contribution in [3.8, 4) is 0 Å². The summed E-state index contributed by atoms with van der Waals surface area (Å²) in [6.45, 7) is -0.261. The highest BCUT2D eigenvalue weighted by atomic mass is 32.1. The normalized spacial score (nSPS) is 16.8. The van der Waals surface area contributed by atoms with Gasteiger partial charge in [0.05, 0.1) is 6.04 Å². The summed E-state index contributed by atoms with van der Waals surface area (Å²) in [6, 6.07) is 9.47. The maximum absolute atomic E-state index is 14.4. The summed E-state index contributed by atoms with van der Waals surface area (Å²) in [6.07, 6.45) is 2.58. The van der Waals surface area contributed by atoms with Crippen LogP contribution in [0.1, 0.15) is 30.7 Å². The molecule has 1 atom stereocenters. The van der Waals surface area contributed by atoms with Gasteiger partial charge >= 0.3 is 5.92 Å². The van der Waals surface area contributed by atoms with E-state index >= 15 is 0 Å². The number of Topliss-reactive ketones (excluding diaryl/α,β-unsaturated/α-hetero) is 1. The number of hydrogen-bond donors (Lipinski definition) is 0. The Labute approximate surface area is 187 Å². The molecule has 3 heterocycles. The summed E-state index contributed by atoms with van der Waals surface area (Å²) in [5, 5.41) is 0.465. The number of benzene rings is 1. The lowest BCUT2D eigenvalue weighted by atomic mass is 10.0. The van der Waals surface area contributed by atoms with Gasteiger partial charge in [0.2, 0.25) is 0 Å². The summed E-state index contributed by atoms with van der Waals surface area (Å²) >= 11 is 1.07. The third-order valence-corrected chi connectivity index (χ3v) is 6.64. The lowest BCUT2D eigenvalue weighted by molar-refractivity contribution is -0.120. The van der Waals surface area contributed by atoms with E-state index in [-0.39, 0.29) is 22.2 Å². The number of ketones is 1. The Morgan fingerprint density at radius 1 is 1.28 bits per heavy atom. The highest BCUT2D eigenvalue weighted by Gasteiger charge is 2.38. The van der Waals surface area contributed by atoms with Crippen LogP contribution in [-0.4, -0.2) is 46.6 Å². The van der Waals surface area contributed by atoms with Crippen LogP contribution in [0.3, 0.4) is 0 Å². The summed E-state index contributed by atoms with van der Waals surface area (Å²) < 4.78 is 34.2. The second-order valence-corrected chi connectivity index (χ2v) is 8.85. The first-order chi connectivity index (χ1) is 15.3. The zero-order chi connectivity index (χ0) is 22.9.